The Morgan fingerprint density at radius 3 is 1.08 bits per heavy atom. The van der Waals surface area contributed by atoms with Gasteiger partial charge in [0.1, 0.15) is 0 Å². The van der Waals surface area contributed by atoms with E-state index in [-0.39, 0.29) is 18.9 Å². The van der Waals surface area contributed by atoms with Gasteiger partial charge >= 0.3 is 38.1 Å². The first-order chi connectivity index (χ1) is 5.37. The van der Waals surface area contributed by atoms with Crippen molar-refractivity contribution in [2.45, 2.75) is 0 Å². The summed E-state index contributed by atoms with van der Waals surface area (Å²) in [6.45, 7) is 0. The number of halogens is 1. The van der Waals surface area contributed by atoms with Crippen molar-refractivity contribution >= 4 is 41.9 Å². The molecular weight excluding hydrogens is 293 g/mol. The zero-order valence-corrected chi connectivity index (χ0v) is 8.87. The molecule has 0 aromatic carbocycles. The molecule has 0 radical (unpaired) electrons. The summed E-state index contributed by atoms with van der Waals surface area (Å²) in [4.78, 5) is 21.4. The Morgan fingerprint density at radius 2 is 1.08 bits per heavy atom. The Morgan fingerprint density at radius 1 is 1.00 bits per heavy atom. The van der Waals surface area contributed by atoms with Gasteiger partial charge in [0.15, 0.2) is 0 Å². The van der Waals surface area contributed by atoms with Crippen molar-refractivity contribution in [3.05, 3.63) is 4.93 Å². The van der Waals surface area contributed by atoms with Crippen molar-refractivity contribution in [2.24, 2.45) is 0 Å². The van der Waals surface area contributed by atoms with Gasteiger partial charge in [-0.2, -0.15) is 0 Å². The van der Waals surface area contributed by atoms with Gasteiger partial charge < -0.3 is 47.9 Å². The molecule has 5 N–H and O–H groups in total. The smallest absolute Gasteiger partial charge is 0.473 e. The molecule has 0 heterocycles. The minimum Gasteiger partial charge on any atom is -0.473 e. The van der Waals surface area contributed by atoms with Crippen molar-refractivity contribution in [1.29, 1.82) is 0 Å². The summed E-state index contributed by atoms with van der Waals surface area (Å²) >= 11 is 1.90. The predicted molar refractivity (Wildman–Crippen MR) is 47.1 cm³/mol. The molecule has 0 aliphatic rings. The van der Waals surface area contributed by atoms with E-state index in [1.54, 1.807) is 0 Å². The summed E-state index contributed by atoms with van der Waals surface area (Å²) in [5, 5.41) is 36.3. The van der Waals surface area contributed by atoms with E-state index in [1.807, 2.05) is 22.6 Å². The molecule has 72 valence electrons. The third-order valence-corrected chi connectivity index (χ3v) is 0.183. The Labute approximate surface area is 100 Å². The summed E-state index contributed by atoms with van der Waals surface area (Å²) in [6.07, 6.45) is 0. The van der Waals surface area contributed by atoms with E-state index in [0.717, 1.165) is 0 Å². The van der Waals surface area contributed by atoms with E-state index in [9.17, 15) is 0 Å². The molecule has 0 aromatic heterocycles. The summed E-state index contributed by atoms with van der Waals surface area (Å²) in [6, 6.07) is 0. The Balaban J connectivity index is -0.0000000512. The zero-order valence-electron chi connectivity index (χ0n) is 6.71. The van der Waals surface area contributed by atoms with Crippen LogP contribution < -0.4 is 18.9 Å². The van der Waals surface area contributed by atoms with Crippen molar-refractivity contribution in [2.75, 3.05) is 0 Å². The monoisotopic (exact) mass is 300 g/mol. The van der Waals surface area contributed by atoms with Gasteiger partial charge in [0.05, 0.1) is 0 Å². The molecule has 0 amide bonds. The van der Waals surface area contributed by atoms with Crippen LogP contribution in [0.2, 0.25) is 0 Å². The second-order valence-electron chi connectivity index (χ2n) is 0.957. The van der Waals surface area contributed by atoms with Crippen LogP contribution in [0.25, 0.3) is 0 Å². The van der Waals surface area contributed by atoms with Crippen LogP contribution in [0, 0.1) is 4.93 Å². The number of carboxylic acid groups (broad SMARTS) is 2. The first-order valence-corrected chi connectivity index (χ1v) is 3.67. The predicted octanol–water partition coefficient (Wildman–Crippen LogP) is -4.68. The number of carbonyl (C=O) groups is 2. The van der Waals surface area contributed by atoms with Crippen LogP contribution in [0.1, 0.15) is 0 Å². The number of aliphatic carboxylic acids is 2. The maximum Gasteiger partial charge on any atom is 1.00 e. The molecule has 0 saturated heterocycles. The fourth-order valence-corrected chi connectivity index (χ4v) is 0. The summed E-state index contributed by atoms with van der Waals surface area (Å²) in [7, 11) is -2.17. The van der Waals surface area contributed by atoms with Gasteiger partial charge in [-0.25, -0.2) is 9.59 Å². The van der Waals surface area contributed by atoms with E-state index in [4.69, 9.17) is 34.9 Å². The number of hydrogen-bond acceptors (Lipinski definition) is 5. The fraction of sp³-hybridized carbons (Fsp3) is 0. The van der Waals surface area contributed by atoms with Crippen molar-refractivity contribution in [1.82, 2.24) is 0 Å². The average molecular weight is 300 g/mol. The molecule has 13 heavy (non-hydrogen) atoms. The molecule has 0 bridgehead atoms. The van der Waals surface area contributed by atoms with Crippen molar-refractivity contribution < 1.29 is 53.7 Å². The SMILES string of the molecule is O=C(O)C(=O)O.OB(O)O.[CH2-]I.[Li+]. The molecule has 0 aromatic rings. The van der Waals surface area contributed by atoms with Gasteiger partial charge in [-0.1, -0.05) is 0 Å². The number of carboxylic acids is 2. The molecule has 0 rings (SSSR count). The molecule has 7 nitrogen and oxygen atoms in total. The topological polar surface area (TPSA) is 135 Å². The summed E-state index contributed by atoms with van der Waals surface area (Å²) in [5.74, 6) is -3.65. The number of rotatable bonds is 0. The zero-order chi connectivity index (χ0) is 10.7. The fourth-order valence-electron chi connectivity index (χ4n) is 0. The van der Waals surface area contributed by atoms with Gasteiger partial charge in [0, 0.05) is 0 Å². The molecule has 0 saturated carbocycles. The minimum absolute atomic E-state index is 0. The molecule has 0 spiro atoms. The Kier molecular flexibility index (Phi) is 32.3. The van der Waals surface area contributed by atoms with Crippen molar-refractivity contribution in [3.63, 3.8) is 0 Å². The maximum absolute atomic E-state index is 9.10. The third kappa shape index (κ3) is 71.8. The maximum atomic E-state index is 9.10. The minimum atomic E-state index is -2.17. The first-order valence-electron chi connectivity index (χ1n) is 2.15. The van der Waals surface area contributed by atoms with Crippen LogP contribution >= 0.6 is 22.6 Å². The summed E-state index contributed by atoms with van der Waals surface area (Å²) in [5.41, 5.74) is 0. The van der Waals surface area contributed by atoms with Gasteiger partial charge in [-0.3, -0.25) is 4.93 Å². The summed E-state index contributed by atoms with van der Waals surface area (Å²) < 4.78 is 0. The van der Waals surface area contributed by atoms with E-state index in [2.05, 4.69) is 4.93 Å². The largest absolute Gasteiger partial charge is 1.00 e. The Bertz CT molecular complexity index is 116. The second-order valence-corrected chi connectivity index (χ2v) is 0.957. The van der Waals surface area contributed by atoms with Crippen LogP contribution in [0.5, 0.6) is 0 Å². The number of hydrogen-bond donors (Lipinski definition) is 5. The molecule has 0 aliphatic heterocycles. The molecule has 0 unspecified atom stereocenters. The first kappa shape index (κ1) is 23.2. The van der Waals surface area contributed by atoms with E-state index < -0.39 is 19.3 Å². The van der Waals surface area contributed by atoms with Gasteiger partial charge in [-0.15, -0.1) is 0 Å². The van der Waals surface area contributed by atoms with Gasteiger partial charge in [-0.05, 0) is 0 Å². The van der Waals surface area contributed by atoms with E-state index in [1.165, 1.54) is 0 Å². The molecule has 0 fully saturated rings. The molecule has 0 atom stereocenters. The quantitative estimate of drug-likeness (QED) is 0.131. The van der Waals surface area contributed by atoms with Crippen LogP contribution in [0.15, 0.2) is 0 Å². The Hall–Kier alpha value is 0.212. The standard InChI is InChI=1S/C2H2O4.CH2I.BH3O3.Li/c3-1(4)2(5)6;1-2;2-1(3)4;/h(H,3,4)(H,5,6);1H2;2-4H;/q;-1;;+1. The average Bonchev–Trinajstić information content (AvgIpc) is 1.90. The molecule has 10 heteroatoms. The van der Waals surface area contributed by atoms with E-state index >= 15 is 0 Å². The van der Waals surface area contributed by atoms with Crippen LogP contribution in [-0.4, -0.2) is 44.5 Å². The third-order valence-electron chi connectivity index (χ3n) is 0.183. The van der Waals surface area contributed by atoms with E-state index in [0.29, 0.717) is 0 Å². The van der Waals surface area contributed by atoms with Crippen LogP contribution in [0.4, 0.5) is 0 Å². The molecule has 0 aliphatic carbocycles. The second kappa shape index (κ2) is 18.1. The van der Waals surface area contributed by atoms with Gasteiger partial charge in [0.2, 0.25) is 0 Å². The van der Waals surface area contributed by atoms with Crippen molar-refractivity contribution in [3.8, 4) is 0 Å². The normalized spacial score (nSPS) is 5.92. The molecular formula is C3H7BILiO7. The van der Waals surface area contributed by atoms with Crippen LogP contribution in [0.3, 0.4) is 0 Å². The van der Waals surface area contributed by atoms with Crippen LogP contribution in [-0.2, 0) is 9.59 Å². The van der Waals surface area contributed by atoms with Gasteiger partial charge in [0.25, 0.3) is 0 Å².